The molecule has 1 N–H and O–H groups in total. The van der Waals surface area contributed by atoms with Crippen LogP contribution < -0.4 is 5.32 Å². The Morgan fingerprint density at radius 3 is 2.84 bits per heavy atom. The Hall–Kier alpha value is -0.510. The molecule has 1 aromatic carbocycles. The van der Waals surface area contributed by atoms with Crippen LogP contribution in [-0.2, 0) is 0 Å². The second kappa shape index (κ2) is 7.93. The lowest BCUT2D eigenvalue weighted by Crippen LogP contribution is -2.41. The Kier molecular flexibility index (Phi) is 6.21. The zero-order valence-electron chi connectivity index (χ0n) is 12.1. The molecule has 0 radical (unpaired) electrons. The molecule has 0 bridgehead atoms. The van der Waals surface area contributed by atoms with Crippen LogP contribution in [0, 0.1) is 0 Å². The minimum atomic E-state index is 0.598. The Morgan fingerprint density at radius 2 is 2.11 bits per heavy atom. The van der Waals surface area contributed by atoms with Crippen molar-refractivity contribution in [3.63, 3.8) is 0 Å². The molecule has 1 fully saturated rings. The lowest BCUT2D eigenvalue weighted by atomic mass is 10.2. The highest BCUT2D eigenvalue weighted by Gasteiger charge is 2.23. The number of hydrogen-bond acceptors (Lipinski definition) is 3. The van der Waals surface area contributed by atoms with Crippen LogP contribution in [0.25, 0.3) is 0 Å². The average Bonchev–Trinajstić information content (AvgIpc) is 2.85. The molecule has 3 heteroatoms. The zero-order valence-corrected chi connectivity index (χ0v) is 13.0. The number of hydrogen-bond donors (Lipinski definition) is 1. The van der Waals surface area contributed by atoms with E-state index < -0.39 is 0 Å². The first kappa shape index (κ1) is 14.9. The predicted octanol–water partition coefficient (Wildman–Crippen LogP) is 3.24. The Morgan fingerprint density at radius 1 is 1.32 bits per heavy atom. The number of rotatable bonds is 7. The third-order valence-corrected chi connectivity index (χ3v) is 4.64. The minimum Gasteiger partial charge on any atom is -0.313 e. The van der Waals surface area contributed by atoms with Gasteiger partial charge in [0.25, 0.3) is 0 Å². The van der Waals surface area contributed by atoms with Crippen molar-refractivity contribution in [1.82, 2.24) is 10.2 Å². The first-order chi connectivity index (χ1) is 9.25. The van der Waals surface area contributed by atoms with Crippen molar-refractivity contribution in [2.45, 2.75) is 43.7 Å². The smallest absolute Gasteiger partial charge is 0.0221 e. The normalized spacial score (nSPS) is 20.3. The van der Waals surface area contributed by atoms with Gasteiger partial charge in [0.05, 0.1) is 0 Å². The summed E-state index contributed by atoms with van der Waals surface area (Å²) in [4.78, 5) is 4.05. The Bertz CT molecular complexity index is 353. The van der Waals surface area contributed by atoms with Crippen molar-refractivity contribution in [3.05, 3.63) is 30.3 Å². The zero-order chi connectivity index (χ0) is 13.5. The second-order valence-corrected chi connectivity index (χ2v) is 6.72. The molecule has 0 aromatic heterocycles. The van der Waals surface area contributed by atoms with E-state index in [9.17, 15) is 0 Å². The van der Waals surface area contributed by atoms with Crippen LogP contribution in [0.3, 0.4) is 0 Å². The van der Waals surface area contributed by atoms with Gasteiger partial charge in [-0.1, -0.05) is 32.0 Å². The van der Waals surface area contributed by atoms with Crippen LogP contribution in [0.2, 0.25) is 0 Å². The van der Waals surface area contributed by atoms with E-state index in [2.05, 4.69) is 54.4 Å². The molecule has 0 amide bonds. The van der Waals surface area contributed by atoms with Crippen LogP contribution in [-0.4, -0.2) is 42.4 Å². The highest BCUT2D eigenvalue weighted by atomic mass is 32.2. The van der Waals surface area contributed by atoms with Crippen LogP contribution in [0.5, 0.6) is 0 Å². The van der Waals surface area contributed by atoms with Crippen LogP contribution in [0.15, 0.2) is 35.2 Å². The van der Waals surface area contributed by atoms with Gasteiger partial charge in [-0.25, -0.2) is 0 Å². The Balaban J connectivity index is 1.69. The lowest BCUT2D eigenvalue weighted by molar-refractivity contribution is 0.258. The molecule has 0 saturated carbocycles. The fourth-order valence-corrected chi connectivity index (χ4v) is 3.50. The van der Waals surface area contributed by atoms with Gasteiger partial charge in [0.1, 0.15) is 0 Å². The highest BCUT2D eigenvalue weighted by Crippen LogP contribution is 2.20. The second-order valence-electron chi connectivity index (χ2n) is 5.56. The van der Waals surface area contributed by atoms with E-state index in [0.717, 1.165) is 12.6 Å². The fraction of sp³-hybridized carbons (Fsp3) is 0.625. The quantitative estimate of drug-likeness (QED) is 0.771. The SMILES string of the molecule is CC(C)NCC1CCCN1CCSc1ccccc1. The summed E-state index contributed by atoms with van der Waals surface area (Å²) in [6.45, 7) is 8.09. The van der Waals surface area contributed by atoms with Crippen molar-refractivity contribution >= 4 is 11.8 Å². The average molecular weight is 278 g/mol. The Labute approximate surface area is 122 Å². The standard InChI is InChI=1S/C16H26N2S/c1-14(2)17-13-15-7-6-10-18(15)11-12-19-16-8-4-3-5-9-16/h3-5,8-9,14-15,17H,6-7,10-13H2,1-2H3. The summed E-state index contributed by atoms with van der Waals surface area (Å²) in [5.74, 6) is 1.20. The third-order valence-electron chi connectivity index (χ3n) is 3.65. The maximum absolute atomic E-state index is 3.58. The number of thioether (sulfide) groups is 1. The van der Waals surface area contributed by atoms with Crippen LogP contribution in [0.1, 0.15) is 26.7 Å². The first-order valence-corrected chi connectivity index (χ1v) is 8.39. The molecule has 19 heavy (non-hydrogen) atoms. The number of nitrogens with one attached hydrogen (secondary N) is 1. The number of benzene rings is 1. The first-order valence-electron chi connectivity index (χ1n) is 7.41. The summed E-state index contributed by atoms with van der Waals surface area (Å²) in [6.07, 6.45) is 2.72. The molecule has 1 atom stereocenters. The fourth-order valence-electron chi connectivity index (χ4n) is 2.59. The van der Waals surface area contributed by atoms with Gasteiger partial charge in [-0.05, 0) is 31.5 Å². The molecular formula is C16H26N2S. The summed E-state index contributed by atoms with van der Waals surface area (Å²) in [6, 6.07) is 12.1. The largest absolute Gasteiger partial charge is 0.313 e. The monoisotopic (exact) mass is 278 g/mol. The number of likely N-dealkylation sites (tertiary alicyclic amines) is 1. The van der Waals surface area contributed by atoms with Gasteiger partial charge in [-0.2, -0.15) is 0 Å². The highest BCUT2D eigenvalue weighted by molar-refractivity contribution is 7.99. The van der Waals surface area contributed by atoms with Crippen molar-refractivity contribution < 1.29 is 0 Å². The summed E-state index contributed by atoms with van der Waals surface area (Å²) in [5.41, 5.74) is 0. The summed E-state index contributed by atoms with van der Waals surface area (Å²) < 4.78 is 0. The summed E-state index contributed by atoms with van der Waals surface area (Å²) in [7, 11) is 0. The van der Waals surface area contributed by atoms with E-state index >= 15 is 0 Å². The molecule has 2 rings (SSSR count). The maximum atomic E-state index is 3.58. The molecule has 0 spiro atoms. The van der Waals surface area contributed by atoms with E-state index in [-0.39, 0.29) is 0 Å². The summed E-state index contributed by atoms with van der Waals surface area (Å²) >= 11 is 1.97. The molecule has 0 aliphatic carbocycles. The molecule has 1 heterocycles. The number of nitrogens with zero attached hydrogens (tertiary/aromatic N) is 1. The molecular weight excluding hydrogens is 252 g/mol. The van der Waals surface area contributed by atoms with Gasteiger partial charge in [0.2, 0.25) is 0 Å². The van der Waals surface area contributed by atoms with Gasteiger partial charge < -0.3 is 5.32 Å². The van der Waals surface area contributed by atoms with Gasteiger partial charge in [-0.15, -0.1) is 11.8 Å². The summed E-state index contributed by atoms with van der Waals surface area (Å²) in [5, 5.41) is 3.58. The molecule has 1 saturated heterocycles. The van der Waals surface area contributed by atoms with Gasteiger partial charge in [-0.3, -0.25) is 4.90 Å². The van der Waals surface area contributed by atoms with E-state index in [1.807, 2.05) is 11.8 Å². The van der Waals surface area contributed by atoms with Crippen molar-refractivity contribution in [2.75, 3.05) is 25.4 Å². The van der Waals surface area contributed by atoms with Crippen molar-refractivity contribution in [2.24, 2.45) is 0 Å². The minimum absolute atomic E-state index is 0.598. The van der Waals surface area contributed by atoms with E-state index in [0.29, 0.717) is 6.04 Å². The van der Waals surface area contributed by atoms with E-state index in [1.165, 1.54) is 36.6 Å². The van der Waals surface area contributed by atoms with Gasteiger partial charge in [0.15, 0.2) is 0 Å². The van der Waals surface area contributed by atoms with Crippen molar-refractivity contribution in [1.29, 1.82) is 0 Å². The maximum Gasteiger partial charge on any atom is 0.0221 e. The van der Waals surface area contributed by atoms with Gasteiger partial charge in [0, 0.05) is 35.8 Å². The lowest BCUT2D eigenvalue weighted by Gasteiger charge is -2.25. The molecule has 1 aliphatic rings. The molecule has 106 valence electrons. The third kappa shape index (κ3) is 5.17. The van der Waals surface area contributed by atoms with E-state index in [1.54, 1.807) is 0 Å². The topological polar surface area (TPSA) is 15.3 Å². The van der Waals surface area contributed by atoms with Crippen molar-refractivity contribution in [3.8, 4) is 0 Å². The van der Waals surface area contributed by atoms with Crippen LogP contribution >= 0.6 is 11.8 Å². The molecule has 1 aliphatic heterocycles. The van der Waals surface area contributed by atoms with E-state index in [4.69, 9.17) is 0 Å². The molecule has 2 nitrogen and oxygen atoms in total. The van der Waals surface area contributed by atoms with Gasteiger partial charge >= 0.3 is 0 Å². The van der Waals surface area contributed by atoms with Crippen LogP contribution in [0.4, 0.5) is 0 Å². The molecule has 1 unspecified atom stereocenters. The molecule has 1 aromatic rings. The predicted molar refractivity (Wildman–Crippen MR) is 84.9 cm³/mol.